The summed E-state index contributed by atoms with van der Waals surface area (Å²) in [5.74, 6) is 0.0515. The van der Waals surface area contributed by atoms with Crippen LogP contribution >= 0.6 is 0 Å². The predicted octanol–water partition coefficient (Wildman–Crippen LogP) is 3.56. The van der Waals surface area contributed by atoms with Crippen LogP contribution in [0.15, 0.2) is 30.6 Å². The summed E-state index contributed by atoms with van der Waals surface area (Å²) in [4.78, 5) is 18.7. The number of imidazole rings is 1. The largest absolute Gasteiger partial charge is 0.381 e. The van der Waals surface area contributed by atoms with Gasteiger partial charge in [-0.25, -0.2) is 14.2 Å². The van der Waals surface area contributed by atoms with E-state index in [2.05, 4.69) is 9.88 Å². The van der Waals surface area contributed by atoms with Crippen LogP contribution in [-0.2, 0) is 4.74 Å². The molecule has 0 saturated carbocycles. The molecule has 0 spiro atoms. The number of ether oxygens (including phenoxy) is 1. The lowest BCUT2D eigenvalue weighted by molar-refractivity contribution is 0.170. The van der Waals surface area contributed by atoms with Crippen LogP contribution in [0.25, 0.3) is 11.3 Å². The molecule has 28 heavy (non-hydrogen) atoms. The Morgan fingerprint density at radius 3 is 2.64 bits per heavy atom. The zero-order chi connectivity index (χ0) is 19.5. The van der Waals surface area contributed by atoms with Crippen molar-refractivity contribution in [3.63, 3.8) is 0 Å². The Morgan fingerprint density at radius 2 is 2.00 bits per heavy atom. The lowest BCUT2D eigenvalue weighted by Gasteiger charge is -2.34. The number of carbonyl (C=O) groups excluding carboxylic acids is 1. The molecule has 1 aromatic carbocycles. The van der Waals surface area contributed by atoms with Gasteiger partial charge in [-0.15, -0.1) is 0 Å². The summed E-state index contributed by atoms with van der Waals surface area (Å²) in [6.07, 6.45) is 4.68. The number of benzene rings is 1. The lowest BCUT2D eigenvalue weighted by atomic mass is 9.97. The number of nitrogens with zero attached hydrogens (tertiary/aromatic N) is 3. The number of piperidine rings is 1. The third-order valence-electron chi connectivity index (χ3n) is 5.74. The second-order valence-electron chi connectivity index (χ2n) is 7.51. The minimum atomic E-state index is -0.244. The molecule has 2 aliphatic rings. The first-order chi connectivity index (χ1) is 13.7. The van der Waals surface area contributed by atoms with Crippen LogP contribution in [0.1, 0.15) is 43.8 Å². The summed E-state index contributed by atoms with van der Waals surface area (Å²) < 4.78 is 21.3. The van der Waals surface area contributed by atoms with Crippen LogP contribution in [0.5, 0.6) is 0 Å². The smallest absolute Gasteiger partial charge is 0.317 e. The summed E-state index contributed by atoms with van der Waals surface area (Å²) in [5, 5.41) is 2.88. The molecule has 2 aromatic rings. The van der Waals surface area contributed by atoms with Crippen molar-refractivity contribution in [2.24, 2.45) is 0 Å². The third kappa shape index (κ3) is 3.76. The Balaban J connectivity index is 1.59. The van der Waals surface area contributed by atoms with Crippen molar-refractivity contribution in [2.75, 3.05) is 32.8 Å². The molecular formula is C21H27FN4O2. The molecule has 0 bridgehead atoms. The van der Waals surface area contributed by atoms with Gasteiger partial charge in [-0.3, -0.25) is 0 Å². The topological polar surface area (TPSA) is 59.4 Å². The van der Waals surface area contributed by atoms with Crippen molar-refractivity contribution in [1.29, 1.82) is 0 Å². The first-order valence-electron chi connectivity index (χ1n) is 10.1. The van der Waals surface area contributed by atoms with E-state index >= 15 is 0 Å². The highest BCUT2D eigenvalue weighted by Gasteiger charge is 2.31. The minimum Gasteiger partial charge on any atom is -0.381 e. The Hall–Kier alpha value is -2.41. The average molecular weight is 386 g/mol. The molecule has 6 nitrogen and oxygen atoms in total. The van der Waals surface area contributed by atoms with Crippen LogP contribution in [0.2, 0.25) is 0 Å². The molecule has 150 valence electrons. The van der Waals surface area contributed by atoms with Gasteiger partial charge in [0.05, 0.1) is 24.3 Å². The molecule has 1 atom stereocenters. The van der Waals surface area contributed by atoms with E-state index in [-0.39, 0.29) is 11.8 Å². The zero-order valence-corrected chi connectivity index (χ0v) is 16.2. The summed E-state index contributed by atoms with van der Waals surface area (Å²) in [6, 6.07) is 6.87. The number of hydrogen-bond donors (Lipinski definition) is 1. The number of halogens is 1. The number of amides is 2. The quantitative estimate of drug-likeness (QED) is 0.874. The molecule has 4 rings (SSSR count). The number of hydrogen-bond acceptors (Lipinski definition) is 3. The van der Waals surface area contributed by atoms with Crippen LogP contribution < -0.4 is 5.32 Å². The maximum Gasteiger partial charge on any atom is 0.317 e. The van der Waals surface area contributed by atoms with Crippen LogP contribution in [0.4, 0.5) is 9.18 Å². The fourth-order valence-corrected chi connectivity index (χ4v) is 4.26. The van der Waals surface area contributed by atoms with Crippen molar-refractivity contribution < 1.29 is 13.9 Å². The SMILES string of the molecule is CCNC(=O)N1CCC(n2cnc(-c3ccc(F)cc3)c2C2CCOC2)CC1. The van der Waals surface area contributed by atoms with E-state index < -0.39 is 0 Å². The number of nitrogens with one attached hydrogen (secondary N) is 1. The molecule has 1 N–H and O–H groups in total. The van der Waals surface area contributed by atoms with Crippen molar-refractivity contribution in [3.8, 4) is 11.3 Å². The number of likely N-dealkylation sites (tertiary alicyclic amines) is 1. The molecule has 1 unspecified atom stereocenters. The number of rotatable bonds is 4. The normalized spacial score (nSPS) is 20.5. The van der Waals surface area contributed by atoms with Crippen LogP contribution in [0.3, 0.4) is 0 Å². The van der Waals surface area contributed by atoms with Gasteiger partial charge in [0.1, 0.15) is 5.82 Å². The third-order valence-corrected chi connectivity index (χ3v) is 5.74. The molecule has 2 saturated heterocycles. The van der Waals surface area contributed by atoms with E-state index in [9.17, 15) is 9.18 Å². The summed E-state index contributed by atoms with van der Waals surface area (Å²) in [5.41, 5.74) is 3.03. The van der Waals surface area contributed by atoms with Crippen LogP contribution in [0, 0.1) is 5.82 Å². The molecule has 0 aliphatic carbocycles. The highest BCUT2D eigenvalue weighted by Crippen LogP contribution is 2.37. The number of urea groups is 1. The fraction of sp³-hybridized carbons (Fsp3) is 0.524. The Kier molecular flexibility index (Phi) is 5.62. The van der Waals surface area contributed by atoms with Gasteiger partial charge in [-0.05, 0) is 50.5 Å². The van der Waals surface area contributed by atoms with Crippen LogP contribution in [-0.4, -0.2) is 53.3 Å². The molecule has 2 amide bonds. The monoisotopic (exact) mass is 386 g/mol. The maximum absolute atomic E-state index is 13.4. The van der Waals surface area contributed by atoms with Gasteiger partial charge < -0.3 is 19.5 Å². The minimum absolute atomic E-state index is 0.0167. The second-order valence-corrected chi connectivity index (χ2v) is 7.51. The van der Waals surface area contributed by atoms with Gasteiger partial charge in [0, 0.05) is 43.8 Å². The highest BCUT2D eigenvalue weighted by atomic mass is 19.1. The predicted molar refractivity (Wildman–Crippen MR) is 105 cm³/mol. The zero-order valence-electron chi connectivity index (χ0n) is 16.2. The van der Waals surface area contributed by atoms with E-state index in [1.54, 1.807) is 12.1 Å². The lowest BCUT2D eigenvalue weighted by Crippen LogP contribution is -2.44. The molecule has 7 heteroatoms. The Bertz CT molecular complexity index is 806. The molecule has 1 aromatic heterocycles. The van der Waals surface area contributed by atoms with Gasteiger partial charge in [0.2, 0.25) is 0 Å². The van der Waals surface area contributed by atoms with E-state index in [0.29, 0.717) is 25.1 Å². The van der Waals surface area contributed by atoms with Gasteiger partial charge >= 0.3 is 6.03 Å². The van der Waals surface area contributed by atoms with E-state index in [4.69, 9.17) is 9.72 Å². The molecule has 2 aliphatic heterocycles. The summed E-state index contributed by atoms with van der Waals surface area (Å²) in [7, 11) is 0. The molecule has 3 heterocycles. The van der Waals surface area contributed by atoms with Gasteiger partial charge in [-0.2, -0.15) is 0 Å². The van der Waals surface area contributed by atoms with Crippen molar-refractivity contribution in [2.45, 2.75) is 38.1 Å². The molecule has 0 radical (unpaired) electrons. The fourth-order valence-electron chi connectivity index (χ4n) is 4.26. The van der Waals surface area contributed by atoms with Gasteiger partial charge in [-0.1, -0.05) is 0 Å². The van der Waals surface area contributed by atoms with E-state index in [1.165, 1.54) is 17.8 Å². The summed E-state index contributed by atoms with van der Waals surface area (Å²) >= 11 is 0. The van der Waals surface area contributed by atoms with E-state index in [0.717, 1.165) is 50.2 Å². The number of carbonyl (C=O) groups is 1. The Morgan fingerprint density at radius 1 is 1.25 bits per heavy atom. The second kappa shape index (κ2) is 8.31. The van der Waals surface area contributed by atoms with Gasteiger partial charge in [0.25, 0.3) is 0 Å². The molecular weight excluding hydrogens is 359 g/mol. The molecule has 2 fully saturated rings. The first-order valence-corrected chi connectivity index (χ1v) is 10.1. The number of aromatic nitrogens is 2. The van der Waals surface area contributed by atoms with Gasteiger partial charge in [0.15, 0.2) is 0 Å². The highest BCUT2D eigenvalue weighted by molar-refractivity contribution is 5.74. The van der Waals surface area contributed by atoms with Crippen molar-refractivity contribution >= 4 is 6.03 Å². The first kappa shape index (κ1) is 18.9. The van der Waals surface area contributed by atoms with Crippen molar-refractivity contribution in [1.82, 2.24) is 19.8 Å². The standard InChI is InChI=1S/C21H27FN4O2/c1-2-23-21(27)25-10-7-18(8-11-25)26-14-24-19(15-3-5-17(22)6-4-15)20(26)16-9-12-28-13-16/h3-6,14,16,18H,2,7-13H2,1H3,(H,23,27). The Labute approximate surface area is 164 Å². The van der Waals surface area contributed by atoms with E-state index in [1.807, 2.05) is 18.2 Å². The maximum atomic E-state index is 13.4. The van der Waals surface area contributed by atoms with Crippen molar-refractivity contribution in [3.05, 3.63) is 42.1 Å². The average Bonchev–Trinajstić information content (AvgIpc) is 3.38. The summed E-state index contributed by atoms with van der Waals surface area (Å²) in [6.45, 7) is 5.50.